The molecule has 13 heteroatoms. The van der Waals surface area contributed by atoms with Gasteiger partial charge in [-0.05, 0) is 73.5 Å². The van der Waals surface area contributed by atoms with E-state index in [0.717, 1.165) is 24.3 Å². The SMILES string of the molecule is O=C(O)CCCCc1nc2cc(-c3cc(CNS(=O)(=O)c4ccc(F)cc4)on3)ccc2c(=O)n1-c1ccc(F)cc1. The zero-order chi connectivity index (χ0) is 29.9. The Bertz CT molecular complexity index is 1920. The van der Waals surface area contributed by atoms with Crippen LogP contribution >= 0.6 is 0 Å². The Morgan fingerprint density at radius 1 is 0.952 bits per heavy atom. The minimum atomic E-state index is -3.92. The topological polar surface area (TPSA) is 144 Å². The molecule has 2 aromatic heterocycles. The van der Waals surface area contributed by atoms with Crippen LogP contribution in [0.3, 0.4) is 0 Å². The second-order valence-electron chi connectivity index (χ2n) is 9.43. The van der Waals surface area contributed by atoms with Gasteiger partial charge in [-0.1, -0.05) is 11.2 Å². The van der Waals surface area contributed by atoms with E-state index in [1.54, 1.807) is 24.3 Å². The van der Waals surface area contributed by atoms with Gasteiger partial charge in [0.1, 0.15) is 23.2 Å². The molecule has 0 fully saturated rings. The molecule has 42 heavy (non-hydrogen) atoms. The number of carboxylic acid groups (broad SMARTS) is 1. The van der Waals surface area contributed by atoms with E-state index < -0.39 is 27.6 Å². The van der Waals surface area contributed by atoms with Gasteiger partial charge in [0, 0.05) is 24.5 Å². The second kappa shape index (κ2) is 12.0. The van der Waals surface area contributed by atoms with E-state index in [1.165, 1.54) is 28.8 Å². The smallest absolute Gasteiger partial charge is 0.303 e. The number of hydrogen-bond donors (Lipinski definition) is 2. The highest BCUT2D eigenvalue weighted by atomic mass is 32.2. The largest absolute Gasteiger partial charge is 0.481 e. The van der Waals surface area contributed by atoms with Crippen LogP contribution in [0.15, 0.2) is 87.0 Å². The predicted octanol–water partition coefficient (Wildman–Crippen LogP) is 4.59. The summed E-state index contributed by atoms with van der Waals surface area (Å²) in [6.07, 6.45) is 1.14. The Balaban J connectivity index is 1.43. The number of aromatic nitrogens is 3. The molecule has 216 valence electrons. The molecule has 0 aliphatic carbocycles. The van der Waals surface area contributed by atoms with E-state index in [-0.39, 0.29) is 29.2 Å². The van der Waals surface area contributed by atoms with Crippen molar-refractivity contribution in [1.82, 2.24) is 19.4 Å². The first kappa shape index (κ1) is 28.8. The van der Waals surface area contributed by atoms with E-state index in [4.69, 9.17) is 14.6 Å². The number of sulfonamides is 1. The van der Waals surface area contributed by atoms with Crippen molar-refractivity contribution in [2.45, 2.75) is 37.1 Å². The van der Waals surface area contributed by atoms with Crippen LogP contribution in [0.5, 0.6) is 0 Å². The second-order valence-corrected chi connectivity index (χ2v) is 11.2. The van der Waals surface area contributed by atoms with E-state index in [1.807, 2.05) is 0 Å². The van der Waals surface area contributed by atoms with Gasteiger partial charge in [0.15, 0.2) is 5.76 Å². The number of halogens is 2. The maximum atomic E-state index is 13.6. The van der Waals surface area contributed by atoms with Gasteiger partial charge in [-0.15, -0.1) is 0 Å². The van der Waals surface area contributed by atoms with Gasteiger partial charge in [0.25, 0.3) is 5.56 Å². The summed E-state index contributed by atoms with van der Waals surface area (Å²) >= 11 is 0. The molecule has 2 heterocycles. The fourth-order valence-corrected chi connectivity index (χ4v) is 5.36. The molecule has 0 bridgehead atoms. The van der Waals surface area contributed by atoms with Gasteiger partial charge in [-0.2, -0.15) is 0 Å². The van der Waals surface area contributed by atoms with Gasteiger partial charge >= 0.3 is 5.97 Å². The fourth-order valence-electron chi connectivity index (χ4n) is 4.37. The molecule has 5 aromatic rings. The lowest BCUT2D eigenvalue weighted by molar-refractivity contribution is -0.137. The van der Waals surface area contributed by atoms with Crippen LogP contribution in [0.4, 0.5) is 8.78 Å². The Labute approximate surface area is 238 Å². The lowest BCUT2D eigenvalue weighted by Crippen LogP contribution is -2.24. The number of unbranched alkanes of at least 4 members (excludes halogenated alkanes) is 1. The van der Waals surface area contributed by atoms with E-state index >= 15 is 0 Å². The summed E-state index contributed by atoms with van der Waals surface area (Å²) in [7, 11) is -3.92. The summed E-state index contributed by atoms with van der Waals surface area (Å²) in [5.41, 5.74) is 1.35. The first-order valence-corrected chi connectivity index (χ1v) is 14.3. The number of benzene rings is 3. The van der Waals surface area contributed by atoms with Gasteiger partial charge in [0.2, 0.25) is 10.0 Å². The number of nitrogens with zero attached hydrogens (tertiary/aromatic N) is 3. The average Bonchev–Trinajstić information content (AvgIpc) is 3.44. The number of aliphatic carboxylic acids is 1. The molecule has 0 saturated carbocycles. The molecule has 0 unspecified atom stereocenters. The number of nitrogens with one attached hydrogen (secondary N) is 1. The quantitative estimate of drug-likeness (QED) is 0.211. The zero-order valence-electron chi connectivity index (χ0n) is 22.0. The zero-order valence-corrected chi connectivity index (χ0v) is 22.8. The summed E-state index contributed by atoms with van der Waals surface area (Å²) in [4.78, 5) is 29.1. The summed E-state index contributed by atoms with van der Waals surface area (Å²) in [6.45, 7) is -0.207. The third-order valence-electron chi connectivity index (χ3n) is 6.48. The summed E-state index contributed by atoms with van der Waals surface area (Å²) in [5.74, 6) is -1.33. The van der Waals surface area contributed by atoms with Crippen molar-refractivity contribution in [1.29, 1.82) is 0 Å². The molecule has 0 aliphatic heterocycles. The first-order valence-electron chi connectivity index (χ1n) is 12.9. The third kappa shape index (κ3) is 6.42. The molecular formula is C29H24F2N4O6S. The Hall–Kier alpha value is -4.75. The minimum Gasteiger partial charge on any atom is -0.481 e. The van der Waals surface area contributed by atoms with Crippen LogP contribution in [0.1, 0.15) is 30.8 Å². The van der Waals surface area contributed by atoms with Crippen LogP contribution in [0.2, 0.25) is 0 Å². The lowest BCUT2D eigenvalue weighted by atomic mass is 10.1. The lowest BCUT2D eigenvalue weighted by Gasteiger charge is -2.14. The normalized spacial score (nSPS) is 11.7. The molecule has 0 saturated heterocycles. The van der Waals surface area contributed by atoms with Crippen LogP contribution in [-0.4, -0.2) is 34.2 Å². The van der Waals surface area contributed by atoms with Crippen molar-refractivity contribution in [2.24, 2.45) is 0 Å². The Kier molecular flexibility index (Phi) is 8.22. The van der Waals surface area contributed by atoms with Crippen molar-refractivity contribution < 1.29 is 31.6 Å². The number of carbonyl (C=O) groups is 1. The van der Waals surface area contributed by atoms with E-state index in [0.29, 0.717) is 52.9 Å². The van der Waals surface area contributed by atoms with Crippen molar-refractivity contribution in [3.63, 3.8) is 0 Å². The molecule has 0 amide bonds. The highest BCUT2D eigenvalue weighted by molar-refractivity contribution is 7.89. The standard InChI is InChI=1S/C29H24F2N4O6S/c30-19-6-10-21(11-7-19)35-27(3-1-2-4-28(36)37)33-26-15-18(5-14-24(26)29(35)38)25-16-22(41-34-25)17-32-42(39,40)23-12-8-20(31)9-13-23/h5-16,32H,1-4,17H2,(H,36,37). The molecule has 0 atom stereocenters. The molecule has 0 radical (unpaired) electrons. The van der Waals surface area contributed by atoms with Crippen molar-refractivity contribution in [2.75, 3.05) is 0 Å². The molecule has 0 spiro atoms. The van der Waals surface area contributed by atoms with Crippen molar-refractivity contribution >= 4 is 26.9 Å². The number of carboxylic acids is 1. The van der Waals surface area contributed by atoms with Crippen LogP contribution in [-0.2, 0) is 27.8 Å². The summed E-state index contributed by atoms with van der Waals surface area (Å²) < 4.78 is 60.8. The highest BCUT2D eigenvalue weighted by Crippen LogP contribution is 2.24. The van der Waals surface area contributed by atoms with Gasteiger partial charge in [-0.25, -0.2) is 26.9 Å². The van der Waals surface area contributed by atoms with E-state index in [9.17, 15) is 26.8 Å². The Morgan fingerprint density at radius 3 is 2.33 bits per heavy atom. The minimum absolute atomic E-state index is 0.0208. The third-order valence-corrected chi connectivity index (χ3v) is 7.90. The first-order chi connectivity index (χ1) is 20.1. The number of rotatable bonds is 11. The Morgan fingerprint density at radius 2 is 1.64 bits per heavy atom. The highest BCUT2D eigenvalue weighted by Gasteiger charge is 2.18. The van der Waals surface area contributed by atoms with Crippen LogP contribution in [0, 0.1) is 11.6 Å². The van der Waals surface area contributed by atoms with Crippen molar-refractivity contribution in [3.8, 4) is 16.9 Å². The van der Waals surface area contributed by atoms with E-state index in [2.05, 4.69) is 9.88 Å². The molecule has 2 N–H and O–H groups in total. The maximum absolute atomic E-state index is 13.6. The predicted molar refractivity (Wildman–Crippen MR) is 148 cm³/mol. The fraction of sp³-hybridized carbons (Fsp3) is 0.172. The molecule has 5 rings (SSSR count). The molecule has 3 aromatic carbocycles. The van der Waals surface area contributed by atoms with Crippen molar-refractivity contribution in [3.05, 3.63) is 106 Å². The number of hydrogen-bond acceptors (Lipinski definition) is 7. The maximum Gasteiger partial charge on any atom is 0.303 e. The molecular weight excluding hydrogens is 570 g/mol. The number of fused-ring (bicyclic) bond motifs is 1. The van der Waals surface area contributed by atoms with Gasteiger partial charge in [-0.3, -0.25) is 14.2 Å². The molecule has 0 aliphatic rings. The average molecular weight is 595 g/mol. The van der Waals surface area contributed by atoms with Gasteiger partial charge in [0.05, 0.1) is 28.0 Å². The summed E-state index contributed by atoms with van der Waals surface area (Å²) in [5, 5.41) is 13.3. The number of aryl methyl sites for hydroxylation is 1. The van der Waals surface area contributed by atoms with Crippen LogP contribution in [0.25, 0.3) is 27.8 Å². The monoisotopic (exact) mass is 594 g/mol. The van der Waals surface area contributed by atoms with Crippen LogP contribution < -0.4 is 10.3 Å². The van der Waals surface area contributed by atoms with Gasteiger partial charge < -0.3 is 9.63 Å². The molecule has 10 nitrogen and oxygen atoms in total. The summed E-state index contributed by atoms with van der Waals surface area (Å²) in [6, 6.07) is 16.2.